The highest BCUT2D eigenvalue weighted by Gasteiger charge is 2.30. The molecule has 2 aliphatic heterocycles. The molecule has 2 heterocycles. The zero-order valence-corrected chi connectivity index (χ0v) is 13.7. The van der Waals surface area contributed by atoms with E-state index < -0.39 is 10.0 Å². The second-order valence-electron chi connectivity index (χ2n) is 5.87. The van der Waals surface area contributed by atoms with Gasteiger partial charge in [0.15, 0.2) is 0 Å². The van der Waals surface area contributed by atoms with E-state index in [1.165, 1.54) is 10.6 Å². The average molecular weight is 318 g/mol. The van der Waals surface area contributed by atoms with Crippen molar-refractivity contribution in [2.24, 2.45) is 0 Å². The Morgan fingerprint density at radius 2 is 1.86 bits per heavy atom. The van der Waals surface area contributed by atoms with E-state index in [2.05, 4.69) is 10.2 Å². The van der Waals surface area contributed by atoms with Crippen LogP contribution in [-0.2, 0) is 14.8 Å². The molecule has 8 heteroatoms. The lowest BCUT2D eigenvalue weighted by molar-refractivity contribution is -0.133. The van der Waals surface area contributed by atoms with Crippen molar-refractivity contribution in [3.8, 4) is 0 Å². The summed E-state index contributed by atoms with van der Waals surface area (Å²) in [6, 6.07) is 0.441. The molecular weight excluding hydrogens is 292 g/mol. The molecule has 0 aromatic carbocycles. The van der Waals surface area contributed by atoms with Crippen molar-refractivity contribution in [3.05, 3.63) is 0 Å². The number of piperazine rings is 1. The van der Waals surface area contributed by atoms with Gasteiger partial charge in [-0.1, -0.05) is 0 Å². The molecule has 1 amide bonds. The number of amides is 1. The third-order valence-corrected chi connectivity index (χ3v) is 5.64. The highest BCUT2D eigenvalue weighted by molar-refractivity contribution is 7.88. The largest absolute Gasteiger partial charge is 0.339 e. The molecule has 1 N–H and O–H groups in total. The number of likely N-dealkylation sites (N-methyl/N-ethyl adjacent to an activating group) is 1. The minimum absolute atomic E-state index is 0.117. The van der Waals surface area contributed by atoms with Gasteiger partial charge in [0.25, 0.3) is 0 Å². The van der Waals surface area contributed by atoms with E-state index in [0.29, 0.717) is 38.8 Å². The zero-order valence-electron chi connectivity index (χ0n) is 12.9. The van der Waals surface area contributed by atoms with Crippen molar-refractivity contribution in [2.75, 3.05) is 59.1 Å². The maximum Gasteiger partial charge on any atom is 0.236 e. The Kier molecular flexibility index (Phi) is 5.59. The Labute approximate surface area is 127 Å². The Balaban J connectivity index is 1.82. The van der Waals surface area contributed by atoms with E-state index in [0.717, 1.165) is 25.9 Å². The summed E-state index contributed by atoms with van der Waals surface area (Å²) in [6.45, 7) is 4.14. The predicted octanol–water partition coefficient (Wildman–Crippen LogP) is -1.23. The summed E-state index contributed by atoms with van der Waals surface area (Å²) in [6.07, 6.45) is 3.49. The number of carbonyl (C=O) groups excluding carboxylic acids is 1. The van der Waals surface area contributed by atoms with Crippen molar-refractivity contribution < 1.29 is 13.2 Å². The van der Waals surface area contributed by atoms with Crippen LogP contribution in [0.4, 0.5) is 0 Å². The molecule has 1 atom stereocenters. The number of carbonyl (C=O) groups is 1. The lowest BCUT2D eigenvalue weighted by Gasteiger charge is -2.34. The van der Waals surface area contributed by atoms with Gasteiger partial charge in [-0.25, -0.2) is 8.42 Å². The smallest absolute Gasteiger partial charge is 0.236 e. The monoisotopic (exact) mass is 318 g/mol. The van der Waals surface area contributed by atoms with Crippen LogP contribution in [0.25, 0.3) is 0 Å². The molecule has 2 saturated heterocycles. The van der Waals surface area contributed by atoms with E-state index >= 15 is 0 Å². The van der Waals surface area contributed by atoms with E-state index in [1.807, 2.05) is 7.05 Å². The van der Waals surface area contributed by atoms with E-state index in [-0.39, 0.29) is 5.91 Å². The van der Waals surface area contributed by atoms with Crippen LogP contribution in [0.15, 0.2) is 0 Å². The number of hydrogen-bond donors (Lipinski definition) is 1. The fourth-order valence-electron chi connectivity index (χ4n) is 3.11. The van der Waals surface area contributed by atoms with Crippen molar-refractivity contribution in [1.82, 2.24) is 19.4 Å². The molecule has 2 rings (SSSR count). The van der Waals surface area contributed by atoms with E-state index in [4.69, 9.17) is 0 Å². The van der Waals surface area contributed by atoms with Crippen molar-refractivity contribution in [3.63, 3.8) is 0 Å². The maximum atomic E-state index is 12.4. The first-order chi connectivity index (χ1) is 9.91. The molecule has 0 aliphatic carbocycles. The van der Waals surface area contributed by atoms with Gasteiger partial charge in [0, 0.05) is 38.8 Å². The third-order valence-electron chi connectivity index (χ3n) is 4.34. The molecule has 1 unspecified atom stereocenters. The van der Waals surface area contributed by atoms with Crippen molar-refractivity contribution >= 4 is 15.9 Å². The number of nitrogens with one attached hydrogen (secondary N) is 1. The fourth-order valence-corrected chi connectivity index (χ4v) is 3.94. The van der Waals surface area contributed by atoms with Gasteiger partial charge in [0.2, 0.25) is 15.9 Å². The molecule has 0 radical (unpaired) electrons. The molecule has 21 heavy (non-hydrogen) atoms. The van der Waals surface area contributed by atoms with Crippen molar-refractivity contribution in [2.45, 2.75) is 18.9 Å². The lowest BCUT2D eigenvalue weighted by Crippen LogP contribution is -2.53. The molecule has 0 aromatic rings. The van der Waals surface area contributed by atoms with Crippen molar-refractivity contribution in [1.29, 1.82) is 0 Å². The fraction of sp³-hybridized carbons (Fsp3) is 0.923. The van der Waals surface area contributed by atoms with Gasteiger partial charge >= 0.3 is 0 Å². The average Bonchev–Trinajstić information content (AvgIpc) is 2.86. The summed E-state index contributed by atoms with van der Waals surface area (Å²) in [7, 11) is -1.20. The first-order valence-corrected chi connectivity index (χ1v) is 9.38. The molecule has 2 aliphatic rings. The molecule has 0 bridgehead atoms. The number of nitrogens with zero attached hydrogens (tertiary/aromatic N) is 3. The Morgan fingerprint density at radius 3 is 2.43 bits per heavy atom. The van der Waals surface area contributed by atoms with Gasteiger partial charge in [-0.2, -0.15) is 4.31 Å². The molecule has 2 fully saturated rings. The molecule has 122 valence electrons. The summed E-state index contributed by atoms with van der Waals surface area (Å²) in [4.78, 5) is 16.4. The molecule has 7 nitrogen and oxygen atoms in total. The normalized spacial score (nSPS) is 25.4. The minimum atomic E-state index is -3.14. The Morgan fingerprint density at radius 1 is 1.19 bits per heavy atom. The molecule has 0 aromatic heterocycles. The minimum Gasteiger partial charge on any atom is -0.339 e. The summed E-state index contributed by atoms with van der Waals surface area (Å²) in [5.41, 5.74) is 0. The number of rotatable bonds is 5. The molecule has 0 saturated carbocycles. The van der Waals surface area contributed by atoms with E-state index in [1.54, 1.807) is 4.90 Å². The van der Waals surface area contributed by atoms with E-state index in [9.17, 15) is 13.2 Å². The van der Waals surface area contributed by atoms with Crippen LogP contribution < -0.4 is 5.32 Å². The first-order valence-electron chi connectivity index (χ1n) is 7.53. The van der Waals surface area contributed by atoms with Crippen LogP contribution in [0.5, 0.6) is 0 Å². The van der Waals surface area contributed by atoms with Gasteiger partial charge in [-0.05, 0) is 26.4 Å². The summed E-state index contributed by atoms with van der Waals surface area (Å²) >= 11 is 0. The van der Waals surface area contributed by atoms with Crippen LogP contribution in [-0.4, -0.2) is 93.6 Å². The van der Waals surface area contributed by atoms with Gasteiger partial charge in [-0.15, -0.1) is 0 Å². The van der Waals surface area contributed by atoms with Gasteiger partial charge in [-0.3, -0.25) is 9.69 Å². The van der Waals surface area contributed by atoms with Gasteiger partial charge in [0.1, 0.15) is 0 Å². The van der Waals surface area contributed by atoms with Crippen LogP contribution in [0.2, 0.25) is 0 Å². The SMILES string of the molecule is CNCC1CCCN1CC(=O)N1CCN(S(C)(=O)=O)CC1. The Bertz CT molecular complexity index is 460. The van der Waals surface area contributed by atoms with Gasteiger partial charge in [0.05, 0.1) is 12.8 Å². The standard InChI is InChI=1S/C13H26N4O3S/c1-14-10-12-4-3-5-16(12)11-13(18)15-6-8-17(9-7-15)21(2,19)20/h12,14H,3-11H2,1-2H3. The molecule has 0 spiro atoms. The van der Waals surface area contributed by atoms with Crippen LogP contribution >= 0.6 is 0 Å². The second-order valence-corrected chi connectivity index (χ2v) is 7.85. The van der Waals surface area contributed by atoms with Crippen LogP contribution in [0, 0.1) is 0 Å². The highest BCUT2D eigenvalue weighted by atomic mass is 32.2. The van der Waals surface area contributed by atoms with Crippen LogP contribution in [0.3, 0.4) is 0 Å². The number of sulfonamides is 1. The highest BCUT2D eigenvalue weighted by Crippen LogP contribution is 2.17. The van der Waals surface area contributed by atoms with Gasteiger partial charge < -0.3 is 10.2 Å². The number of hydrogen-bond acceptors (Lipinski definition) is 5. The number of likely N-dealkylation sites (tertiary alicyclic amines) is 1. The molecular formula is C13H26N4O3S. The summed E-state index contributed by atoms with van der Waals surface area (Å²) in [5.74, 6) is 0.117. The predicted molar refractivity (Wildman–Crippen MR) is 81.5 cm³/mol. The summed E-state index contributed by atoms with van der Waals surface area (Å²) < 4.78 is 24.4. The lowest BCUT2D eigenvalue weighted by atomic mass is 10.2. The maximum absolute atomic E-state index is 12.4. The third kappa shape index (κ3) is 4.38. The van der Waals surface area contributed by atoms with Crippen LogP contribution in [0.1, 0.15) is 12.8 Å². The topological polar surface area (TPSA) is 73.0 Å². The second kappa shape index (κ2) is 7.04. The zero-order chi connectivity index (χ0) is 15.5. The Hall–Kier alpha value is -0.700. The first kappa shape index (κ1) is 16.7. The summed E-state index contributed by atoms with van der Waals surface area (Å²) in [5, 5.41) is 3.17. The quantitative estimate of drug-likeness (QED) is 0.687.